The zero-order valence-electron chi connectivity index (χ0n) is 13.2. The second-order valence-electron chi connectivity index (χ2n) is 8.49. The number of likely N-dealkylation sites (tertiary alicyclic amines) is 1. The Hall–Kier alpha value is -1.19. The lowest BCUT2D eigenvalue weighted by Gasteiger charge is -2.61. The van der Waals surface area contributed by atoms with E-state index in [9.17, 15) is 14.3 Å². The molecular weight excluding hydrogens is 297 g/mol. The van der Waals surface area contributed by atoms with Gasteiger partial charge in [-0.15, -0.1) is 0 Å². The van der Waals surface area contributed by atoms with Gasteiger partial charge in [-0.25, -0.2) is 4.39 Å². The van der Waals surface area contributed by atoms with Gasteiger partial charge < -0.3 is 15.7 Å². The lowest BCUT2D eigenvalue weighted by Crippen LogP contribution is -2.64. The predicted molar refractivity (Wildman–Crippen MR) is 80.7 cm³/mol. The first kappa shape index (κ1) is 15.3. The average molecular weight is 321 g/mol. The van der Waals surface area contributed by atoms with Crippen molar-refractivity contribution >= 4 is 5.91 Å². The van der Waals surface area contributed by atoms with Crippen molar-refractivity contribution in [3.05, 3.63) is 0 Å². The highest BCUT2D eigenvalue weighted by atomic mass is 19.1. The molecule has 4 bridgehead atoms. The molecule has 0 spiro atoms. The number of nitrogens with two attached hydrogens (primary N) is 1. The Morgan fingerprint density at radius 3 is 2.52 bits per heavy atom. The third-order valence-corrected chi connectivity index (χ3v) is 6.68. The zero-order valence-corrected chi connectivity index (χ0v) is 13.2. The van der Waals surface area contributed by atoms with E-state index >= 15 is 0 Å². The van der Waals surface area contributed by atoms with Crippen LogP contribution in [0, 0.1) is 28.6 Å². The lowest BCUT2D eigenvalue weighted by atomic mass is 9.46. The molecule has 0 aromatic heterocycles. The highest BCUT2D eigenvalue weighted by Crippen LogP contribution is 2.62. The Morgan fingerprint density at radius 2 is 1.96 bits per heavy atom. The first-order chi connectivity index (χ1) is 10.8. The number of halogens is 1. The molecule has 1 aliphatic heterocycles. The van der Waals surface area contributed by atoms with Crippen molar-refractivity contribution in [2.75, 3.05) is 6.54 Å². The average Bonchev–Trinajstić information content (AvgIpc) is 2.84. The monoisotopic (exact) mass is 321 g/mol. The molecular formula is C17H24FN3O2. The van der Waals surface area contributed by atoms with Crippen LogP contribution in [0.3, 0.4) is 0 Å². The van der Waals surface area contributed by atoms with Gasteiger partial charge in [-0.3, -0.25) is 4.79 Å². The van der Waals surface area contributed by atoms with E-state index < -0.39 is 23.9 Å². The van der Waals surface area contributed by atoms with E-state index in [0.717, 1.165) is 32.1 Å². The molecule has 1 heterocycles. The van der Waals surface area contributed by atoms with Crippen molar-refractivity contribution < 1.29 is 14.3 Å². The highest BCUT2D eigenvalue weighted by molar-refractivity contribution is 5.83. The molecule has 5 aliphatic rings. The summed E-state index contributed by atoms with van der Waals surface area (Å²) in [6, 6.07) is 0.579. The lowest BCUT2D eigenvalue weighted by molar-refractivity contribution is -0.177. The zero-order chi connectivity index (χ0) is 16.4. The van der Waals surface area contributed by atoms with Crippen molar-refractivity contribution in [3.8, 4) is 6.07 Å². The van der Waals surface area contributed by atoms with Crippen molar-refractivity contribution in [3.63, 3.8) is 0 Å². The third-order valence-electron chi connectivity index (χ3n) is 6.68. The fourth-order valence-electron chi connectivity index (χ4n) is 6.24. The van der Waals surface area contributed by atoms with E-state index in [2.05, 4.69) is 0 Å². The summed E-state index contributed by atoms with van der Waals surface area (Å²) in [5.41, 5.74) is 5.34. The number of amides is 1. The fourth-order valence-corrected chi connectivity index (χ4v) is 6.24. The molecule has 6 heteroatoms. The van der Waals surface area contributed by atoms with Gasteiger partial charge in [0.1, 0.15) is 12.2 Å². The number of carbonyl (C=O) groups is 1. The van der Waals surface area contributed by atoms with E-state index in [4.69, 9.17) is 11.0 Å². The highest BCUT2D eigenvalue weighted by Gasteiger charge is 2.60. The minimum absolute atomic E-state index is 0.0298. The molecule has 5 atom stereocenters. The van der Waals surface area contributed by atoms with Gasteiger partial charge in [-0.2, -0.15) is 5.26 Å². The SMILES string of the molecule is N#C[C@@H]1C[C@H](F)CN1C(=O)[C@@H](N)C12CC3CC(CC(O)(C3)C1)C2. The second kappa shape index (κ2) is 4.90. The van der Waals surface area contributed by atoms with Crippen LogP contribution in [-0.4, -0.2) is 46.3 Å². The maximum Gasteiger partial charge on any atom is 0.241 e. The quantitative estimate of drug-likeness (QED) is 0.797. The minimum Gasteiger partial charge on any atom is -0.390 e. The van der Waals surface area contributed by atoms with Crippen LogP contribution in [0.4, 0.5) is 4.39 Å². The molecule has 5 nitrogen and oxygen atoms in total. The van der Waals surface area contributed by atoms with E-state index in [1.807, 2.05) is 6.07 Å². The standard InChI is InChI=1S/C17H24FN3O2/c18-12-2-13(7-19)21(8-12)15(22)14(20)16-3-10-1-11(4-16)6-17(23,5-10)9-16/h10-14,23H,1-6,8-9,20H2/t10?,11?,12-,13-,14+,16?,17?/m0/s1. The van der Waals surface area contributed by atoms with Crippen LogP contribution in [0.15, 0.2) is 0 Å². The molecule has 0 radical (unpaired) electrons. The van der Waals surface area contributed by atoms with Gasteiger partial charge in [0.05, 0.1) is 24.3 Å². The largest absolute Gasteiger partial charge is 0.390 e. The Balaban J connectivity index is 1.58. The van der Waals surface area contributed by atoms with Crippen LogP contribution < -0.4 is 5.73 Å². The number of nitriles is 1. The summed E-state index contributed by atoms with van der Waals surface area (Å²) in [7, 11) is 0. The molecule has 5 fully saturated rings. The summed E-state index contributed by atoms with van der Waals surface area (Å²) >= 11 is 0. The number of hydrogen-bond acceptors (Lipinski definition) is 4. The first-order valence-corrected chi connectivity index (χ1v) is 8.66. The van der Waals surface area contributed by atoms with Crippen LogP contribution in [0.1, 0.15) is 44.9 Å². The van der Waals surface area contributed by atoms with Gasteiger partial charge in [-0.05, 0) is 55.8 Å². The maximum atomic E-state index is 13.6. The maximum absolute atomic E-state index is 13.6. The van der Waals surface area contributed by atoms with Crippen LogP contribution in [-0.2, 0) is 4.79 Å². The van der Waals surface area contributed by atoms with E-state index in [1.165, 1.54) is 4.90 Å². The van der Waals surface area contributed by atoms with Crippen LogP contribution in [0.5, 0.6) is 0 Å². The number of hydrogen-bond donors (Lipinski definition) is 2. The molecule has 1 amide bonds. The summed E-state index contributed by atoms with van der Waals surface area (Å²) < 4.78 is 13.6. The van der Waals surface area contributed by atoms with E-state index in [-0.39, 0.29) is 24.3 Å². The predicted octanol–water partition coefficient (Wildman–Crippen LogP) is 1.11. The Morgan fingerprint density at radius 1 is 1.30 bits per heavy atom. The third kappa shape index (κ3) is 2.28. The molecule has 0 aromatic rings. The Kier molecular flexibility index (Phi) is 3.27. The Labute approximate surface area is 135 Å². The number of carbonyl (C=O) groups excluding carboxylic acids is 1. The molecule has 2 unspecified atom stereocenters. The van der Waals surface area contributed by atoms with Gasteiger partial charge in [-0.1, -0.05) is 0 Å². The fraction of sp³-hybridized carbons (Fsp3) is 0.882. The van der Waals surface area contributed by atoms with Crippen molar-refractivity contribution in [2.45, 2.75) is 68.8 Å². The van der Waals surface area contributed by atoms with Crippen LogP contribution in [0.2, 0.25) is 0 Å². The van der Waals surface area contributed by atoms with Crippen molar-refractivity contribution in [2.24, 2.45) is 23.0 Å². The van der Waals surface area contributed by atoms with Gasteiger partial charge in [0.2, 0.25) is 5.91 Å². The van der Waals surface area contributed by atoms with Crippen molar-refractivity contribution in [1.29, 1.82) is 5.26 Å². The smallest absolute Gasteiger partial charge is 0.241 e. The molecule has 5 rings (SSSR count). The van der Waals surface area contributed by atoms with Gasteiger partial charge in [0.15, 0.2) is 0 Å². The number of alkyl halides is 1. The van der Waals surface area contributed by atoms with Gasteiger partial charge >= 0.3 is 0 Å². The summed E-state index contributed by atoms with van der Waals surface area (Å²) in [4.78, 5) is 14.2. The molecule has 4 saturated carbocycles. The van der Waals surface area contributed by atoms with Crippen LogP contribution >= 0.6 is 0 Å². The summed E-state index contributed by atoms with van der Waals surface area (Å²) in [6.07, 6.45) is 4.04. The topological polar surface area (TPSA) is 90.4 Å². The van der Waals surface area contributed by atoms with E-state index in [1.54, 1.807) is 0 Å². The summed E-state index contributed by atoms with van der Waals surface area (Å²) in [6.45, 7) is -0.0298. The summed E-state index contributed by atoms with van der Waals surface area (Å²) in [5.74, 6) is 0.584. The molecule has 4 aliphatic carbocycles. The van der Waals surface area contributed by atoms with Crippen molar-refractivity contribution in [1.82, 2.24) is 4.90 Å². The second-order valence-corrected chi connectivity index (χ2v) is 8.49. The molecule has 23 heavy (non-hydrogen) atoms. The molecule has 3 N–H and O–H groups in total. The normalized spacial score (nSPS) is 49.2. The minimum atomic E-state index is -1.14. The molecule has 1 saturated heterocycles. The number of nitrogens with zero attached hydrogens (tertiary/aromatic N) is 2. The molecule has 126 valence electrons. The first-order valence-electron chi connectivity index (χ1n) is 8.66. The molecule has 0 aromatic carbocycles. The number of rotatable bonds is 2. The summed E-state index contributed by atoms with van der Waals surface area (Å²) in [5, 5.41) is 20.0. The number of aliphatic hydroxyl groups is 1. The van der Waals surface area contributed by atoms with E-state index in [0.29, 0.717) is 18.3 Å². The Bertz CT molecular complexity index is 561. The van der Waals surface area contributed by atoms with Gasteiger partial charge in [0.25, 0.3) is 0 Å². The van der Waals surface area contributed by atoms with Crippen LogP contribution in [0.25, 0.3) is 0 Å². The van der Waals surface area contributed by atoms with Gasteiger partial charge in [0, 0.05) is 6.42 Å².